The number of ketones is 1. The van der Waals surface area contributed by atoms with E-state index < -0.39 is 12.0 Å². The van der Waals surface area contributed by atoms with Gasteiger partial charge in [0.05, 0.1) is 34.6 Å². The van der Waals surface area contributed by atoms with Crippen molar-refractivity contribution in [1.82, 2.24) is 4.58 Å². The molecule has 2 heterocycles. The molecule has 2 aromatic carbocycles. The molecule has 4 N–H and O–H groups in total. The molecule has 5 rings (SSSR count). The van der Waals surface area contributed by atoms with Gasteiger partial charge in [0.25, 0.3) is 0 Å². The highest BCUT2D eigenvalue weighted by atomic mass is 16.3. The smallest absolute Gasteiger partial charge is 0.341 e. The summed E-state index contributed by atoms with van der Waals surface area (Å²) < 4.78 is 2.53. The second-order valence-corrected chi connectivity index (χ2v) is 21.8. The van der Waals surface area contributed by atoms with E-state index in [0.717, 1.165) is 88.3 Å². The second kappa shape index (κ2) is 24.2. The van der Waals surface area contributed by atoms with Gasteiger partial charge in [0.15, 0.2) is 11.8 Å². The summed E-state index contributed by atoms with van der Waals surface area (Å²) in [6.07, 6.45) is 20.9. The molecular weight excluding hydrogens is 817 g/mol. The molecule has 1 fully saturated rings. The van der Waals surface area contributed by atoms with Gasteiger partial charge < -0.3 is 20.4 Å². The Bertz CT molecular complexity index is 2120. The first-order valence-electron chi connectivity index (χ1n) is 27.2. The highest BCUT2D eigenvalue weighted by molar-refractivity contribution is 6.28. The lowest BCUT2D eigenvalue weighted by atomic mass is 9.68. The highest BCUT2D eigenvalue weighted by Gasteiger charge is 2.51. The SMILES string of the molecule is CCCCCCCCN1c2cc(NC(=O)C(CC)CCCC)c(C3C(=O)C(=c4cc5c(cc4[NH+]=C(O)C(CC)CCCC)=[N+](CCCCCCCC)C(C)C5(C)C)C3O)cc2C(C)(C)C1C. The van der Waals surface area contributed by atoms with Crippen molar-refractivity contribution in [2.24, 2.45) is 11.8 Å². The van der Waals surface area contributed by atoms with Crippen LogP contribution in [0.5, 0.6) is 0 Å². The molecule has 1 amide bonds. The predicted molar refractivity (Wildman–Crippen MR) is 278 cm³/mol. The van der Waals surface area contributed by atoms with Crippen LogP contribution in [0.3, 0.4) is 0 Å². The standard InChI is InChI=1S/C58H92N4O4/c1-13-19-23-25-27-29-33-61-39(7)57(9,10)45-35-43(47(37-49(45)61)59-55(65)41(17-5)31-21-15-3)51-53(63)52(54(51)64)44-36-46-50(38-48(44)60-56(66)42(18-6)32-22-16-4)62(40(8)58(46,11)12)34-30-28-26-24-20-14-2/h35-42,51,53,63H,13-34H2,1-12H3,(H,59,65)/p+2. The third-order valence-corrected chi connectivity index (χ3v) is 16.7. The number of benzene rings is 2. The van der Waals surface area contributed by atoms with Gasteiger partial charge in [0.2, 0.25) is 17.0 Å². The van der Waals surface area contributed by atoms with Crippen molar-refractivity contribution in [3.05, 3.63) is 51.5 Å². The largest absolute Gasteiger partial charge is 0.463 e. The molecule has 368 valence electrons. The third-order valence-electron chi connectivity index (χ3n) is 16.7. The van der Waals surface area contributed by atoms with Crippen LogP contribution >= 0.6 is 0 Å². The molecule has 3 aliphatic rings. The van der Waals surface area contributed by atoms with Crippen molar-refractivity contribution in [1.29, 1.82) is 0 Å². The quantitative estimate of drug-likeness (QED) is 0.0309. The number of anilines is 2. The second-order valence-electron chi connectivity index (χ2n) is 21.8. The molecule has 1 aliphatic carbocycles. The molecule has 6 atom stereocenters. The van der Waals surface area contributed by atoms with Crippen LogP contribution in [-0.2, 0) is 20.4 Å². The number of carbonyl (C=O) groups excluding carboxylic acids is 2. The van der Waals surface area contributed by atoms with Gasteiger partial charge in [-0.1, -0.05) is 145 Å². The van der Waals surface area contributed by atoms with Crippen molar-refractivity contribution in [3.8, 4) is 0 Å². The average molecular weight is 911 g/mol. The van der Waals surface area contributed by atoms with Crippen LogP contribution < -0.4 is 30.4 Å². The van der Waals surface area contributed by atoms with Crippen LogP contribution in [0.15, 0.2) is 24.3 Å². The summed E-state index contributed by atoms with van der Waals surface area (Å²) in [7, 11) is 0. The Morgan fingerprint density at radius 3 is 1.91 bits per heavy atom. The van der Waals surface area contributed by atoms with Crippen molar-refractivity contribution < 1.29 is 24.8 Å². The molecule has 6 unspecified atom stereocenters. The summed E-state index contributed by atoms with van der Waals surface area (Å²) in [6, 6.07) is 9.04. The van der Waals surface area contributed by atoms with Crippen LogP contribution in [0.25, 0.3) is 5.57 Å². The number of hydrogen-bond donors (Lipinski definition) is 4. The maximum absolute atomic E-state index is 15.2. The van der Waals surface area contributed by atoms with Crippen molar-refractivity contribution in [2.45, 2.75) is 246 Å². The zero-order valence-corrected chi connectivity index (χ0v) is 43.9. The van der Waals surface area contributed by atoms with Crippen molar-refractivity contribution in [2.75, 3.05) is 23.3 Å². The first-order valence-corrected chi connectivity index (χ1v) is 27.2. The van der Waals surface area contributed by atoms with Gasteiger partial charge in [-0.3, -0.25) is 9.59 Å². The Hall–Kier alpha value is -3.52. The number of fused-ring (bicyclic) bond motifs is 2. The number of Topliss-reactive ketones (excluding diaryl/α,β-unsaturated/α-hetero) is 1. The fraction of sp³-hybridized carbons (Fsp3) is 0.724. The number of amides is 1. The minimum absolute atomic E-state index is 0.0167. The molecule has 0 saturated heterocycles. The third kappa shape index (κ3) is 11.5. The number of aliphatic hydroxyl groups excluding tert-OH is 2. The maximum atomic E-state index is 15.2. The number of nitrogens with zero attached hydrogens (tertiary/aromatic N) is 2. The van der Waals surface area contributed by atoms with Crippen LogP contribution in [-0.4, -0.2) is 59.1 Å². The molecule has 0 bridgehead atoms. The monoisotopic (exact) mass is 911 g/mol. The van der Waals surface area contributed by atoms with E-state index in [1.54, 1.807) is 0 Å². The number of aliphatic hydroxyl groups is 2. The van der Waals surface area contributed by atoms with Crippen LogP contribution in [0.2, 0.25) is 0 Å². The van der Waals surface area contributed by atoms with E-state index in [1.807, 2.05) is 0 Å². The molecule has 2 aromatic rings. The highest BCUT2D eigenvalue weighted by Crippen LogP contribution is 2.51. The minimum Gasteiger partial charge on any atom is -0.463 e. The van der Waals surface area contributed by atoms with Crippen molar-refractivity contribution >= 4 is 40.2 Å². The molecule has 0 spiro atoms. The van der Waals surface area contributed by atoms with E-state index in [-0.39, 0.29) is 52.3 Å². The first-order chi connectivity index (χ1) is 31.5. The lowest BCUT2D eigenvalue weighted by Gasteiger charge is -2.36. The summed E-state index contributed by atoms with van der Waals surface area (Å²) in [5, 5.41) is 29.5. The van der Waals surface area contributed by atoms with E-state index in [1.165, 1.54) is 75.3 Å². The van der Waals surface area contributed by atoms with E-state index in [0.29, 0.717) is 27.7 Å². The fourth-order valence-electron chi connectivity index (χ4n) is 11.4. The van der Waals surface area contributed by atoms with Crippen LogP contribution in [0, 0.1) is 11.8 Å². The Kier molecular flexibility index (Phi) is 19.6. The molecular formula is C58H94N4O4+2. The zero-order chi connectivity index (χ0) is 48.3. The molecule has 1 saturated carbocycles. The number of rotatable bonds is 27. The van der Waals surface area contributed by atoms with Gasteiger partial charge in [-0.15, -0.1) is 0 Å². The summed E-state index contributed by atoms with van der Waals surface area (Å²) in [6.45, 7) is 28.7. The normalized spacial score (nSPS) is 22.6. The minimum atomic E-state index is -1.10. The topological polar surface area (TPSA) is 107 Å². The Balaban J connectivity index is 1.66. The van der Waals surface area contributed by atoms with Gasteiger partial charge in [-0.2, -0.15) is 4.99 Å². The predicted octanol–water partition coefficient (Wildman–Crippen LogP) is 11.0. The maximum Gasteiger partial charge on any atom is 0.341 e. The summed E-state index contributed by atoms with van der Waals surface area (Å²) in [4.78, 5) is 35.3. The lowest BCUT2D eigenvalue weighted by Crippen LogP contribution is -2.71. The molecule has 8 nitrogen and oxygen atoms in total. The fourth-order valence-corrected chi connectivity index (χ4v) is 11.4. The first kappa shape index (κ1) is 53.4. The van der Waals surface area contributed by atoms with Crippen LogP contribution in [0.4, 0.5) is 17.1 Å². The number of unbranched alkanes of at least 4 members (excludes halogenated alkanes) is 12. The molecule has 66 heavy (non-hydrogen) atoms. The zero-order valence-electron chi connectivity index (χ0n) is 43.9. The van der Waals surface area contributed by atoms with Crippen molar-refractivity contribution in [3.63, 3.8) is 0 Å². The lowest BCUT2D eigenvalue weighted by molar-refractivity contribution is -0.371. The summed E-state index contributed by atoms with van der Waals surface area (Å²) in [5.74, 6) is -0.929. The van der Waals surface area contributed by atoms with Gasteiger partial charge in [-0.05, 0) is 89.5 Å². The van der Waals surface area contributed by atoms with E-state index >= 15 is 4.79 Å². The summed E-state index contributed by atoms with van der Waals surface area (Å²) in [5.41, 5.74) is 5.42. The number of hydrogen-bond acceptors (Lipinski definition) is 4. The van der Waals surface area contributed by atoms with E-state index in [9.17, 15) is 15.0 Å². The number of nitrogens with one attached hydrogen (secondary N) is 2. The molecule has 0 aromatic heterocycles. The average Bonchev–Trinajstić information content (AvgIpc) is 3.58. The Labute approximate surface area is 401 Å². The van der Waals surface area contributed by atoms with Crippen LogP contribution in [0.1, 0.15) is 234 Å². The Morgan fingerprint density at radius 2 is 1.32 bits per heavy atom. The van der Waals surface area contributed by atoms with E-state index in [2.05, 4.69) is 127 Å². The molecule has 0 radical (unpaired) electrons. The molecule has 8 heteroatoms. The van der Waals surface area contributed by atoms with Gasteiger partial charge in [0, 0.05) is 52.9 Å². The van der Waals surface area contributed by atoms with Gasteiger partial charge in [0.1, 0.15) is 6.54 Å². The Morgan fingerprint density at radius 1 is 0.742 bits per heavy atom. The van der Waals surface area contributed by atoms with Gasteiger partial charge >= 0.3 is 5.90 Å². The van der Waals surface area contributed by atoms with E-state index in [4.69, 9.17) is 0 Å². The molecule has 2 aliphatic heterocycles. The summed E-state index contributed by atoms with van der Waals surface area (Å²) >= 11 is 0. The van der Waals surface area contributed by atoms with Gasteiger partial charge in [-0.25, -0.2) is 4.58 Å². The number of carbonyl (C=O) groups is 2.